The van der Waals surface area contributed by atoms with Crippen molar-refractivity contribution in [1.29, 1.82) is 0 Å². The van der Waals surface area contributed by atoms with Crippen LogP contribution in [0.1, 0.15) is 25.7 Å². The molecule has 1 heterocycles. The molecule has 0 aliphatic carbocycles. The summed E-state index contributed by atoms with van der Waals surface area (Å²) in [5.74, 6) is -0.709. The molecule has 1 fully saturated rings. The highest BCUT2D eigenvalue weighted by Crippen LogP contribution is 2.23. The minimum atomic E-state index is -0.709. The summed E-state index contributed by atoms with van der Waals surface area (Å²) in [6, 6.07) is 10.8. The van der Waals surface area contributed by atoms with Gasteiger partial charge in [0.1, 0.15) is 0 Å². The predicted octanol–water partition coefficient (Wildman–Crippen LogP) is 2.45. The number of benzene rings is 1. The summed E-state index contributed by atoms with van der Waals surface area (Å²) in [5, 5.41) is 8.82. The maximum atomic E-state index is 10.7. The highest BCUT2D eigenvalue weighted by atomic mass is 16.4. The van der Waals surface area contributed by atoms with E-state index in [9.17, 15) is 4.79 Å². The SMILES string of the molecule is CN1CCCC(N(CCCC(=O)O)c2ccccc2)C1. The second-order valence-corrected chi connectivity index (χ2v) is 5.58. The monoisotopic (exact) mass is 276 g/mol. The van der Waals surface area contributed by atoms with Crippen LogP contribution < -0.4 is 4.90 Å². The number of likely N-dealkylation sites (N-methyl/N-ethyl adjacent to an activating group) is 1. The van der Waals surface area contributed by atoms with E-state index in [2.05, 4.69) is 29.0 Å². The quantitative estimate of drug-likeness (QED) is 0.867. The molecule has 0 spiro atoms. The van der Waals surface area contributed by atoms with Crippen LogP contribution in [0.15, 0.2) is 30.3 Å². The first-order valence-electron chi connectivity index (χ1n) is 7.39. The molecule has 20 heavy (non-hydrogen) atoms. The number of likely N-dealkylation sites (tertiary alicyclic amines) is 1. The lowest BCUT2D eigenvalue weighted by Crippen LogP contribution is -2.47. The molecule has 110 valence electrons. The number of aliphatic carboxylic acids is 1. The van der Waals surface area contributed by atoms with Crippen LogP contribution in [0.3, 0.4) is 0 Å². The van der Waals surface area contributed by atoms with E-state index in [1.54, 1.807) is 0 Å². The molecular formula is C16H24N2O2. The maximum Gasteiger partial charge on any atom is 0.303 e. The molecule has 0 aromatic heterocycles. The molecule has 4 nitrogen and oxygen atoms in total. The van der Waals surface area contributed by atoms with Crippen molar-refractivity contribution < 1.29 is 9.90 Å². The Morgan fingerprint density at radius 1 is 1.40 bits per heavy atom. The van der Waals surface area contributed by atoms with Gasteiger partial charge >= 0.3 is 5.97 Å². The van der Waals surface area contributed by atoms with Crippen LogP contribution in [-0.4, -0.2) is 48.7 Å². The topological polar surface area (TPSA) is 43.8 Å². The first-order chi connectivity index (χ1) is 9.66. The Kier molecular flexibility index (Phi) is 5.41. The van der Waals surface area contributed by atoms with Crippen LogP contribution in [0.2, 0.25) is 0 Å². The van der Waals surface area contributed by atoms with E-state index in [0.29, 0.717) is 12.5 Å². The lowest BCUT2D eigenvalue weighted by molar-refractivity contribution is -0.137. The van der Waals surface area contributed by atoms with Gasteiger partial charge in [-0.1, -0.05) is 18.2 Å². The minimum Gasteiger partial charge on any atom is -0.481 e. The third-order valence-corrected chi connectivity index (χ3v) is 3.92. The van der Waals surface area contributed by atoms with E-state index in [1.165, 1.54) is 18.5 Å². The Hall–Kier alpha value is -1.55. The summed E-state index contributed by atoms with van der Waals surface area (Å²) in [7, 11) is 2.16. The fraction of sp³-hybridized carbons (Fsp3) is 0.562. The molecule has 2 rings (SSSR count). The maximum absolute atomic E-state index is 10.7. The van der Waals surface area contributed by atoms with Crippen LogP contribution in [-0.2, 0) is 4.79 Å². The van der Waals surface area contributed by atoms with Gasteiger partial charge in [0, 0.05) is 31.2 Å². The summed E-state index contributed by atoms with van der Waals surface area (Å²) in [4.78, 5) is 15.5. The van der Waals surface area contributed by atoms with Gasteiger partial charge < -0.3 is 14.9 Å². The summed E-state index contributed by atoms with van der Waals surface area (Å²) >= 11 is 0. The molecule has 0 saturated carbocycles. The molecule has 1 atom stereocenters. The number of hydrogen-bond acceptors (Lipinski definition) is 3. The normalized spacial score (nSPS) is 19.8. The smallest absolute Gasteiger partial charge is 0.303 e. The van der Waals surface area contributed by atoms with Crippen LogP contribution >= 0.6 is 0 Å². The fourth-order valence-electron chi connectivity index (χ4n) is 2.94. The van der Waals surface area contributed by atoms with Gasteiger partial charge in [-0.15, -0.1) is 0 Å². The Bertz CT molecular complexity index is 422. The van der Waals surface area contributed by atoms with E-state index in [0.717, 1.165) is 19.6 Å². The molecule has 1 aromatic rings. The summed E-state index contributed by atoms with van der Waals surface area (Å²) < 4.78 is 0. The number of carboxylic acid groups (broad SMARTS) is 1. The standard InChI is InChI=1S/C16H24N2O2/c1-17-11-5-9-15(13-17)18(12-6-10-16(19)20)14-7-3-2-4-8-14/h2-4,7-8,15H,5-6,9-13H2,1H3,(H,19,20). The lowest BCUT2D eigenvalue weighted by atomic mass is 10.0. The first kappa shape index (κ1) is 14.9. The lowest BCUT2D eigenvalue weighted by Gasteiger charge is -2.39. The van der Waals surface area contributed by atoms with Gasteiger partial charge in [0.25, 0.3) is 0 Å². The Morgan fingerprint density at radius 3 is 2.80 bits per heavy atom. The number of piperidine rings is 1. The van der Waals surface area contributed by atoms with Crippen molar-refractivity contribution in [3.05, 3.63) is 30.3 Å². The van der Waals surface area contributed by atoms with Gasteiger partial charge in [-0.05, 0) is 45.0 Å². The van der Waals surface area contributed by atoms with Gasteiger partial charge in [0.2, 0.25) is 0 Å². The van der Waals surface area contributed by atoms with E-state index in [1.807, 2.05) is 18.2 Å². The average Bonchev–Trinajstić information content (AvgIpc) is 2.44. The number of carboxylic acids is 1. The number of nitrogens with zero attached hydrogens (tertiary/aromatic N) is 2. The van der Waals surface area contributed by atoms with Gasteiger partial charge in [0.05, 0.1) is 0 Å². The second-order valence-electron chi connectivity index (χ2n) is 5.58. The third kappa shape index (κ3) is 4.23. The minimum absolute atomic E-state index is 0.242. The third-order valence-electron chi connectivity index (χ3n) is 3.92. The molecule has 4 heteroatoms. The molecule has 1 aliphatic heterocycles. The van der Waals surface area contributed by atoms with E-state index in [4.69, 9.17) is 5.11 Å². The van der Waals surface area contributed by atoms with Crippen molar-refractivity contribution in [1.82, 2.24) is 4.90 Å². The van der Waals surface area contributed by atoms with Crippen LogP contribution in [0.25, 0.3) is 0 Å². The molecule has 1 N–H and O–H groups in total. The Morgan fingerprint density at radius 2 is 2.15 bits per heavy atom. The Balaban J connectivity index is 2.05. The molecular weight excluding hydrogens is 252 g/mol. The zero-order valence-electron chi connectivity index (χ0n) is 12.2. The van der Waals surface area contributed by atoms with Gasteiger partial charge in [-0.25, -0.2) is 0 Å². The number of para-hydroxylation sites is 1. The number of carbonyl (C=O) groups is 1. The highest BCUT2D eigenvalue weighted by Gasteiger charge is 2.23. The fourth-order valence-corrected chi connectivity index (χ4v) is 2.94. The molecule has 0 amide bonds. The molecule has 1 aliphatic rings. The Labute approximate surface area is 121 Å². The second kappa shape index (κ2) is 7.29. The highest BCUT2D eigenvalue weighted by molar-refractivity contribution is 5.66. The van der Waals surface area contributed by atoms with Crippen molar-refractivity contribution in [2.75, 3.05) is 31.6 Å². The molecule has 1 aromatic carbocycles. The van der Waals surface area contributed by atoms with Gasteiger partial charge in [-0.3, -0.25) is 4.79 Å². The number of rotatable bonds is 6. The van der Waals surface area contributed by atoms with Crippen molar-refractivity contribution >= 4 is 11.7 Å². The van der Waals surface area contributed by atoms with Crippen molar-refractivity contribution in [3.63, 3.8) is 0 Å². The van der Waals surface area contributed by atoms with Crippen LogP contribution in [0, 0.1) is 0 Å². The molecule has 0 bridgehead atoms. The van der Waals surface area contributed by atoms with E-state index in [-0.39, 0.29) is 6.42 Å². The van der Waals surface area contributed by atoms with E-state index >= 15 is 0 Å². The van der Waals surface area contributed by atoms with Gasteiger partial charge in [-0.2, -0.15) is 0 Å². The largest absolute Gasteiger partial charge is 0.481 e. The zero-order chi connectivity index (χ0) is 14.4. The van der Waals surface area contributed by atoms with Crippen molar-refractivity contribution in [3.8, 4) is 0 Å². The molecule has 1 saturated heterocycles. The number of anilines is 1. The summed E-state index contributed by atoms with van der Waals surface area (Å²) in [6.07, 6.45) is 3.34. The predicted molar refractivity (Wildman–Crippen MR) is 81.2 cm³/mol. The molecule has 0 radical (unpaired) electrons. The summed E-state index contributed by atoms with van der Waals surface area (Å²) in [5.41, 5.74) is 1.21. The number of hydrogen-bond donors (Lipinski definition) is 1. The summed E-state index contributed by atoms with van der Waals surface area (Å²) in [6.45, 7) is 3.03. The molecule has 1 unspecified atom stereocenters. The van der Waals surface area contributed by atoms with Gasteiger partial charge in [0.15, 0.2) is 0 Å². The van der Waals surface area contributed by atoms with Crippen LogP contribution in [0.4, 0.5) is 5.69 Å². The average molecular weight is 276 g/mol. The van der Waals surface area contributed by atoms with Crippen LogP contribution in [0.5, 0.6) is 0 Å². The van der Waals surface area contributed by atoms with Crippen molar-refractivity contribution in [2.24, 2.45) is 0 Å². The van der Waals surface area contributed by atoms with E-state index < -0.39 is 5.97 Å². The van der Waals surface area contributed by atoms with Crippen molar-refractivity contribution in [2.45, 2.75) is 31.7 Å². The zero-order valence-corrected chi connectivity index (χ0v) is 12.2. The first-order valence-corrected chi connectivity index (χ1v) is 7.39.